The van der Waals surface area contributed by atoms with Crippen LogP contribution in [-0.4, -0.2) is 16.3 Å². The molecule has 0 saturated heterocycles. The highest BCUT2D eigenvalue weighted by Gasteiger charge is 1.90. The van der Waals surface area contributed by atoms with Crippen molar-refractivity contribution in [1.82, 2.24) is 4.57 Å². The van der Waals surface area contributed by atoms with Crippen molar-refractivity contribution in [2.24, 2.45) is 0 Å². The predicted octanol–water partition coefficient (Wildman–Crippen LogP) is 0.231. The van der Waals surface area contributed by atoms with E-state index in [1.165, 1.54) is 6.07 Å². The van der Waals surface area contributed by atoms with Crippen LogP contribution in [0.4, 0.5) is 0 Å². The fourth-order valence-corrected chi connectivity index (χ4v) is 0.886. The Kier molecular flexibility index (Phi) is 2.86. The van der Waals surface area contributed by atoms with Gasteiger partial charge in [0.25, 0.3) is 0 Å². The van der Waals surface area contributed by atoms with Crippen LogP contribution >= 0.6 is 0 Å². The molecule has 1 heterocycles. The summed E-state index contributed by atoms with van der Waals surface area (Å²) in [7, 11) is 0. The molecule has 0 aliphatic rings. The smallest absolute Gasteiger partial charge is 0.250 e. The molecule has 0 unspecified atom stereocenters. The van der Waals surface area contributed by atoms with Crippen molar-refractivity contribution >= 4 is 0 Å². The molecule has 3 nitrogen and oxygen atoms in total. The second-order valence-corrected chi connectivity index (χ2v) is 2.31. The highest BCUT2D eigenvalue weighted by molar-refractivity contribution is 4.92. The van der Waals surface area contributed by atoms with Crippen LogP contribution in [0.1, 0.15) is 6.42 Å². The first-order valence-corrected chi connectivity index (χ1v) is 3.61. The normalized spacial score (nSPS) is 9.91. The number of aromatic nitrogens is 1. The van der Waals surface area contributed by atoms with E-state index in [1.807, 2.05) is 0 Å². The number of rotatable bonds is 3. The Bertz CT molecular complexity index is 267. The van der Waals surface area contributed by atoms with Gasteiger partial charge in [-0.3, -0.25) is 4.79 Å². The van der Waals surface area contributed by atoms with E-state index in [0.717, 1.165) is 0 Å². The third-order valence-corrected chi connectivity index (χ3v) is 1.46. The Morgan fingerprint density at radius 3 is 2.91 bits per heavy atom. The van der Waals surface area contributed by atoms with Crippen molar-refractivity contribution in [2.75, 3.05) is 6.61 Å². The fourth-order valence-electron chi connectivity index (χ4n) is 0.886. The van der Waals surface area contributed by atoms with Crippen molar-refractivity contribution in [3.63, 3.8) is 0 Å². The zero-order valence-corrected chi connectivity index (χ0v) is 6.23. The number of aryl methyl sites for hydroxylation is 1. The monoisotopic (exact) mass is 153 g/mol. The number of hydrogen-bond acceptors (Lipinski definition) is 2. The third kappa shape index (κ3) is 2.20. The first kappa shape index (κ1) is 8.01. The summed E-state index contributed by atoms with van der Waals surface area (Å²) >= 11 is 0. The van der Waals surface area contributed by atoms with Crippen molar-refractivity contribution < 1.29 is 5.11 Å². The van der Waals surface area contributed by atoms with Gasteiger partial charge in [-0.1, -0.05) is 6.07 Å². The van der Waals surface area contributed by atoms with Gasteiger partial charge in [0, 0.05) is 25.4 Å². The molecule has 0 spiro atoms. The lowest BCUT2D eigenvalue weighted by atomic mass is 10.4. The molecule has 0 amide bonds. The van der Waals surface area contributed by atoms with Crippen LogP contribution in [0.15, 0.2) is 29.2 Å². The Morgan fingerprint density at radius 1 is 1.45 bits per heavy atom. The van der Waals surface area contributed by atoms with E-state index in [0.29, 0.717) is 13.0 Å². The SMILES string of the molecule is O=c1ccccn1CCCO. The summed E-state index contributed by atoms with van der Waals surface area (Å²) in [5.74, 6) is 0. The number of hydrogen-bond donors (Lipinski definition) is 1. The van der Waals surface area contributed by atoms with Gasteiger partial charge in [-0.25, -0.2) is 0 Å². The van der Waals surface area contributed by atoms with E-state index in [1.54, 1.807) is 22.9 Å². The van der Waals surface area contributed by atoms with Crippen molar-refractivity contribution in [2.45, 2.75) is 13.0 Å². The topological polar surface area (TPSA) is 42.2 Å². The van der Waals surface area contributed by atoms with Gasteiger partial charge in [0.2, 0.25) is 5.56 Å². The molecule has 11 heavy (non-hydrogen) atoms. The lowest BCUT2D eigenvalue weighted by Crippen LogP contribution is -2.18. The molecule has 0 fully saturated rings. The maximum absolute atomic E-state index is 11.0. The van der Waals surface area contributed by atoms with Crippen LogP contribution in [0.2, 0.25) is 0 Å². The first-order chi connectivity index (χ1) is 5.34. The second-order valence-electron chi connectivity index (χ2n) is 2.31. The van der Waals surface area contributed by atoms with Crippen LogP contribution in [-0.2, 0) is 6.54 Å². The Hall–Kier alpha value is -1.09. The molecule has 0 atom stereocenters. The van der Waals surface area contributed by atoms with Crippen LogP contribution in [0, 0.1) is 0 Å². The average Bonchev–Trinajstić information content (AvgIpc) is 2.03. The molecule has 1 rings (SSSR count). The molecular formula is C8H11NO2. The van der Waals surface area contributed by atoms with Crippen LogP contribution in [0.3, 0.4) is 0 Å². The number of nitrogens with zero attached hydrogens (tertiary/aromatic N) is 1. The maximum Gasteiger partial charge on any atom is 0.250 e. The molecule has 1 aromatic heterocycles. The third-order valence-electron chi connectivity index (χ3n) is 1.46. The van der Waals surface area contributed by atoms with E-state index in [-0.39, 0.29) is 12.2 Å². The summed E-state index contributed by atoms with van der Waals surface area (Å²) < 4.78 is 1.58. The maximum atomic E-state index is 11.0. The largest absolute Gasteiger partial charge is 0.396 e. The molecule has 0 radical (unpaired) electrons. The lowest BCUT2D eigenvalue weighted by Gasteiger charge is -2.01. The van der Waals surface area contributed by atoms with E-state index < -0.39 is 0 Å². The van der Waals surface area contributed by atoms with Crippen molar-refractivity contribution in [3.8, 4) is 0 Å². The minimum atomic E-state index is -0.0130. The van der Waals surface area contributed by atoms with E-state index in [2.05, 4.69) is 0 Å². The van der Waals surface area contributed by atoms with Crippen LogP contribution in [0.5, 0.6) is 0 Å². The fraction of sp³-hybridized carbons (Fsp3) is 0.375. The average molecular weight is 153 g/mol. The van der Waals surface area contributed by atoms with Crippen LogP contribution in [0.25, 0.3) is 0 Å². The molecule has 60 valence electrons. The number of pyridine rings is 1. The minimum absolute atomic E-state index is 0.0130. The molecule has 1 N–H and O–H groups in total. The van der Waals surface area contributed by atoms with Gasteiger partial charge in [-0.2, -0.15) is 0 Å². The minimum Gasteiger partial charge on any atom is -0.396 e. The van der Waals surface area contributed by atoms with Gasteiger partial charge < -0.3 is 9.67 Å². The van der Waals surface area contributed by atoms with Crippen LogP contribution < -0.4 is 5.56 Å². The standard InChI is InChI=1S/C8H11NO2/c10-7-3-6-9-5-2-1-4-8(9)11/h1-2,4-5,10H,3,6-7H2. The highest BCUT2D eigenvalue weighted by Crippen LogP contribution is 1.85. The van der Waals surface area contributed by atoms with Gasteiger partial charge in [-0.15, -0.1) is 0 Å². The van der Waals surface area contributed by atoms with Gasteiger partial charge in [0.1, 0.15) is 0 Å². The highest BCUT2D eigenvalue weighted by atomic mass is 16.3. The molecule has 0 bridgehead atoms. The van der Waals surface area contributed by atoms with Gasteiger partial charge in [-0.05, 0) is 12.5 Å². The molecule has 0 aliphatic heterocycles. The summed E-state index contributed by atoms with van der Waals surface area (Å²) in [6.45, 7) is 0.720. The number of aliphatic hydroxyl groups is 1. The molecule has 0 aliphatic carbocycles. The van der Waals surface area contributed by atoms with E-state index in [9.17, 15) is 4.79 Å². The summed E-state index contributed by atoms with van der Waals surface area (Å²) in [6, 6.07) is 5.02. The molecule has 3 heteroatoms. The predicted molar refractivity (Wildman–Crippen MR) is 42.4 cm³/mol. The number of aliphatic hydroxyl groups excluding tert-OH is 1. The van der Waals surface area contributed by atoms with E-state index >= 15 is 0 Å². The van der Waals surface area contributed by atoms with Gasteiger partial charge >= 0.3 is 0 Å². The quantitative estimate of drug-likeness (QED) is 0.675. The van der Waals surface area contributed by atoms with Gasteiger partial charge in [0.15, 0.2) is 0 Å². The Morgan fingerprint density at radius 2 is 2.27 bits per heavy atom. The molecule has 0 aromatic carbocycles. The van der Waals surface area contributed by atoms with Crippen molar-refractivity contribution in [3.05, 3.63) is 34.7 Å². The lowest BCUT2D eigenvalue weighted by molar-refractivity contribution is 0.279. The Balaban J connectivity index is 2.70. The summed E-state index contributed by atoms with van der Waals surface area (Å²) in [5.41, 5.74) is -0.0130. The Labute approximate surface area is 64.9 Å². The van der Waals surface area contributed by atoms with Crippen molar-refractivity contribution in [1.29, 1.82) is 0 Å². The molecule has 1 aromatic rings. The summed E-state index contributed by atoms with van der Waals surface area (Å²) in [5, 5.41) is 8.50. The molecular weight excluding hydrogens is 142 g/mol. The van der Waals surface area contributed by atoms with Gasteiger partial charge in [0.05, 0.1) is 0 Å². The second kappa shape index (κ2) is 3.93. The molecule has 0 saturated carbocycles. The summed E-state index contributed by atoms with van der Waals surface area (Å²) in [4.78, 5) is 11.0. The first-order valence-electron chi connectivity index (χ1n) is 3.61. The summed E-state index contributed by atoms with van der Waals surface area (Å²) in [6.07, 6.45) is 2.35. The zero-order valence-electron chi connectivity index (χ0n) is 6.23. The zero-order chi connectivity index (χ0) is 8.10. The van der Waals surface area contributed by atoms with E-state index in [4.69, 9.17) is 5.11 Å².